The van der Waals surface area contributed by atoms with Gasteiger partial charge in [0.2, 0.25) is 0 Å². The van der Waals surface area contributed by atoms with Crippen molar-refractivity contribution in [3.05, 3.63) is 50.3 Å². The summed E-state index contributed by atoms with van der Waals surface area (Å²) < 4.78 is 2.99. The van der Waals surface area contributed by atoms with E-state index in [1.54, 1.807) is 24.6 Å². The third-order valence-electron chi connectivity index (χ3n) is 3.18. The molecule has 7 heteroatoms. The van der Waals surface area contributed by atoms with Gasteiger partial charge >= 0.3 is 0 Å². The van der Waals surface area contributed by atoms with Crippen molar-refractivity contribution in [3.8, 4) is 0 Å². The topological polar surface area (TPSA) is 51.0 Å². The van der Waals surface area contributed by atoms with E-state index in [4.69, 9.17) is 0 Å². The highest BCUT2D eigenvalue weighted by Crippen LogP contribution is 2.26. The van der Waals surface area contributed by atoms with E-state index in [0.29, 0.717) is 11.0 Å². The van der Waals surface area contributed by atoms with Crippen LogP contribution in [-0.2, 0) is 13.6 Å². The summed E-state index contributed by atoms with van der Waals surface area (Å²) in [7, 11) is 3.55. The Morgan fingerprint density at radius 3 is 2.90 bits per heavy atom. The molecule has 5 nitrogen and oxygen atoms in total. The number of fused-ring (bicyclic) bond motifs is 1. The van der Waals surface area contributed by atoms with Crippen molar-refractivity contribution in [2.45, 2.75) is 6.54 Å². The molecule has 0 N–H and O–H groups in total. The third-order valence-corrected chi connectivity index (χ3v) is 4.95. The Hall–Kier alpha value is -1.73. The number of aromatic nitrogens is 3. The monoisotopic (exact) mass is 364 g/mol. The maximum atomic E-state index is 11.9. The minimum absolute atomic E-state index is 0.149. The van der Waals surface area contributed by atoms with Crippen LogP contribution in [0.4, 0.5) is 5.69 Å². The first kappa shape index (κ1) is 14.2. The highest BCUT2D eigenvalue weighted by molar-refractivity contribution is 9.10. The second-order valence-corrected chi connectivity index (χ2v) is 6.61. The highest BCUT2D eigenvalue weighted by Gasteiger charge is 2.13. The van der Waals surface area contributed by atoms with Gasteiger partial charge in [-0.05, 0) is 28.1 Å². The lowest BCUT2D eigenvalue weighted by molar-refractivity contribution is 0.698. The number of para-hydroxylation sites is 1. The Morgan fingerprint density at radius 1 is 1.38 bits per heavy atom. The molecule has 0 atom stereocenters. The van der Waals surface area contributed by atoms with E-state index in [1.807, 2.05) is 30.1 Å². The number of anilines is 1. The summed E-state index contributed by atoms with van der Waals surface area (Å²) in [5.74, 6) is 0. The molecule has 2 heterocycles. The molecule has 21 heavy (non-hydrogen) atoms. The predicted octanol–water partition coefficient (Wildman–Crippen LogP) is 2.79. The summed E-state index contributed by atoms with van der Waals surface area (Å²) in [6, 6.07) is 8.06. The average molecular weight is 365 g/mol. The lowest BCUT2D eigenvalue weighted by atomic mass is 10.3. The number of thiazole rings is 1. The molecule has 0 unspecified atom stereocenters. The average Bonchev–Trinajstić information content (AvgIpc) is 2.86. The molecule has 3 rings (SSSR count). The summed E-state index contributed by atoms with van der Waals surface area (Å²) in [5.41, 5.74) is 1.62. The summed E-state index contributed by atoms with van der Waals surface area (Å²) >= 11 is 5.01. The highest BCUT2D eigenvalue weighted by atomic mass is 79.9. The molecule has 108 valence electrons. The number of halogens is 1. The Bertz CT molecular complexity index is 825. The van der Waals surface area contributed by atoms with Crippen LogP contribution in [0.15, 0.2) is 39.7 Å². The minimum Gasteiger partial charge on any atom is -0.365 e. The Kier molecular flexibility index (Phi) is 3.77. The number of aryl methyl sites for hydroxylation is 1. The standard InChI is InChI=1S/C14H13BrN4OS/c1-18(10-7-16-19(2)14(20)13(10)15)8-12-17-9-5-3-4-6-11(9)21-12/h3-7H,8H2,1-2H3. The number of hydrogen-bond acceptors (Lipinski definition) is 5. The van der Waals surface area contributed by atoms with Gasteiger partial charge in [-0.2, -0.15) is 5.10 Å². The van der Waals surface area contributed by atoms with Crippen LogP contribution >= 0.6 is 27.3 Å². The van der Waals surface area contributed by atoms with Gasteiger partial charge in [0, 0.05) is 14.1 Å². The maximum Gasteiger partial charge on any atom is 0.282 e. The molecule has 0 fully saturated rings. The molecule has 2 aromatic heterocycles. The first-order chi connectivity index (χ1) is 10.1. The van der Waals surface area contributed by atoms with Crippen LogP contribution in [0.1, 0.15) is 5.01 Å². The Labute approximate surface area is 134 Å². The van der Waals surface area contributed by atoms with Crippen molar-refractivity contribution < 1.29 is 0 Å². The van der Waals surface area contributed by atoms with Gasteiger partial charge in [0.1, 0.15) is 9.48 Å². The third kappa shape index (κ3) is 2.71. The van der Waals surface area contributed by atoms with Crippen molar-refractivity contribution in [1.29, 1.82) is 0 Å². The van der Waals surface area contributed by atoms with Gasteiger partial charge in [-0.15, -0.1) is 11.3 Å². The van der Waals surface area contributed by atoms with Crippen LogP contribution in [0.3, 0.4) is 0 Å². The molecule has 0 spiro atoms. The smallest absolute Gasteiger partial charge is 0.282 e. The number of nitrogens with zero attached hydrogens (tertiary/aromatic N) is 4. The van der Waals surface area contributed by atoms with Crippen molar-refractivity contribution in [3.63, 3.8) is 0 Å². The van der Waals surface area contributed by atoms with E-state index in [0.717, 1.165) is 16.2 Å². The molecular weight excluding hydrogens is 352 g/mol. The zero-order chi connectivity index (χ0) is 15.0. The number of benzene rings is 1. The van der Waals surface area contributed by atoms with Crippen LogP contribution in [0.2, 0.25) is 0 Å². The summed E-state index contributed by atoms with van der Waals surface area (Å²) in [4.78, 5) is 18.5. The summed E-state index contributed by atoms with van der Waals surface area (Å²) in [6.45, 7) is 0.632. The van der Waals surface area contributed by atoms with Gasteiger partial charge in [-0.1, -0.05) is 12.1 Å². The number of hydrogen-bond donors (Lipinski definition) is 0. The fourth-order valence-electron chi connectivity index (χ4n) is 2.04. The normalized spacial score (nSPS) is 11.0. The van der Waals surface area contributed by atoms with Gasteiger partial charge in [0.15, 0.2) is 0 Å². The molecule has 0 saturated carbocycles. The van der Waals surface area contributed by atoms with Crippen LogP contribution in [0, 0.1) is 0 Å². The number of rotatable bonds is 3. The molecule has 0 aliphatic carbocycles. The zero-order valence-electron chi connectivity index (χ0n) is 11.6. The Balaban J connectivity index is 1.91. The van der Waals surface area contributed by atoms with Crippen LogP contribution in [0.5, 0.6) is 0 Å². The van der Waals surface area contributed by atoms with Gasteiger partial charge in [-0.25, -0.2) is 9.67 Å². The first-order valence-corrected chi connectivity index (χ1v) is 7.94. The Morgan fingerprint density at radius 2 is 2.14 bits per heavy atom. The van der Waals surface area contributed by atoms with E-state index in [-0.39, 0.29) is 5.56 Å². The van der Waals surface area contributed by atoms with Gasteiger partial charge in [0.05, 0.1) is 28.6 Å². The molecule has 3 aromatic rings. The van der Waals surface area contributed by atoms with E-state index in [1.165, 1.54) is 9.38 Å². The summed E-state index contributed by atoms with van der Waals surface area (Å²) in [5, 5.41) is 5.07. The maximum absolute atomic E-state index is 11.9. The zero-order valence-corrected chi connectivity index (χ0v) is 14.0. The minimum atomic E-state index is -0.149. The van der Waals surface area contributed by atoms with Crippen LogP contribution < -0.4 is 10.5 Å². The second kappa shape index (κ2) is 5.57. The molecule has 0 amide bonds. The van der Waals surface area contributed by atoms with E-state index >= 15 is 0 Å². The van der Waals surface area contributed by atoms with Gasteiger partial charge < -0.3 is 4.90 Å². The predicted molar refractivity (Wildman–Crippen MR) is 88.9 cm³/mol. The fourth-order valence-corrected chi connectivity index (χ4v) is 3.73. The molecule has 0 aliphatic heterocycles. The SMILES string of the molecule is CN(Cc1nc2ccccc2s1)c1cnn(C)c(=O)c1Br. The molecular formula is C14H13BrN4OS. The molecule has 0 aliphatic rings. The molecule has 0 radical (unpaired) electrons. The lowest BCUT2D eigenvalue weighted by Crippen LogP contribution is -2.25. The van der Waals surface area contributed by atoms with E-state index in [9.17, 15) is 4.79 Å². The van der Waals surface area contributed by atoms with Crippen molar-refractivity contribution in [1.82, 2.24) is 14.8 Å². The molecule has 1 aromatic carbocycles. The van der Waals surface area contributed by atoms with Gasteiger partial charge in [-0.3, -0.25) is 4.79 Å². The van der Waals surface area contributed by atoms with E-state index in [2.05, 4.69) is 32.1 Å². The van der Waals surface area contributed by atoms with Crippen molar-refractivity contribution in [2.24, 2.45) is 7.05 Å². The quantitative estimate of drug-likeness (QED) is 0.716. The first-order valence-electron chi connectivity index (χ1n) is 6.33. The lowest BCUT2D eigenvalue weighted by Gasteiger charge is -2.18. The molecule has 0 saturated heterocycles. The summed E-state index contributed by atoms with van der Waals surface area (Å²) in [6.07, 6.45) is 1.68. The van der Waals surface area contributed by atoms with E-state index < -0.39 is 0 Å². The second-order valence-electron chi connectivity index (χ2n) is 4.70. The van der Waals surface area contributed by atoms with Crippen LogP contribution in [-0.4, -0.2) is 21.8 Å². The van der Waals surface area contributed by atoms with Crippen molar-refractivity contribution in [2.75, 3.05) is 11.9 Å². The fraction of sp³-hybridized carbons (Fsp3) is 0.214. The largest absolute Gasteiger partial charge is 0.365 e. The molecule has 0 bridgehead atoms. The van der Waals surface area contributed by atoms with Crippen molar-refractivity contribution >= 4 is 43.2 Å². The van der Waals surface area contributed by atoms with Gasteiger partial charge in [0.25, 0.3) is 5.56 Å². The van der Waals surface area contributed by atoms with Crippen LogP contribution in [0.25, 0.3) is 10.2 Å².